The summed E-state index contributed by atoms with van der Waals surface area (Å²) in [5.74, 6) is 0.133. The molecule has 0 heterocycles. The van der Waals surface area contributed by atoms with E-state index in [-0.39, 0.29) is 5.92 Å². The number of allylic oxidation sites excluding steroid dienone is 1. The van der Waals surface area contributed by atoms with Crippen molar-refractivity contribution in [2.24, 2.45) is 0 Å². The van der Waals surface area contributed by atoms with Gasteiger partial charge in [-0.2, -0.15) is 0 Å². The summed E-state index contributed by atoms with van der Waals surface area (Å²) in [6.45, 7) is 0. The molecule has 0 fully saturated rings. The lowest BCUT2D eigenvalue weighted by Crippen LogP contribution is -2.00. The molecule has 4 rings (SSSR count). The summed E-state index contributed by atoms with van der Waals surface area (Å²) >= 11 is 6.60. The van der Waals surface area contributed by atoms with Gasteiger partial charge in [0.2, 0.25) is 0 Å². The van der Waals surface area contributed by atoms with E-state index in [0.717, 1.165) is 21.7 Å². The van der Waals surface area contributed by atoms with Crippen LogP contribution in [0.2, 0.25) is 5.02 Å². The topological polar surface area (TPSA) is 0 Å². The van der Waals surface area contributed by atoms with Gasteiger partial charge in [-0.1, -0.05) is 127 Å². The summed E-state index contributed by atoms with van der Waals surface area (Å²) < 4.78 is 0. The molecule has 0 aliphatic carbocycles. The zero-order chi connectivity index (χ0) is 19.2. The molecule has 0 amide bonds. The molecule has 0 unspecified atom stereocenters. The van der Waals surface area contributed by atoms with Gasteiger partial charge in [-0.25, -0.2) is 0 Å². The highest BCUT2D eigenvalue weighted by atomic mass is 35.5. The van der Waals surface area contributed by atoms with Crippen LogP contribution in [-0.4, -0.2) is 0 Å². The fourth-order valence-electron chi connectivity index (χ4n) is 3.51. The van der Waals surface area contributed by atoms with Gasteiger partial charge in [0, 0.05) is 16.5 Å². The Morgan fingerprint density at radius 2 is 1.04 bits per heavy atom. The van der Waals surface area contributed by atoms with E-state index in [1.807, 2.05) is 24.3 Å². The first-order valence-corrected chi connectivity index (χ1v) is 9.83. The van der Waals surface area contributed by atoms with E-state index in [9.17, 15) is 0 Å². The Kier molecular flexibility index (Phi) is 5.70. The number of halogens is 1. The fraction of sp³-hybridized carbons (Fsp3) is 0.0370. The molecule has 0 spiro atoms. The van der Waals surface area contributed by atoms with Crippen LogP contribution in [0.1, 0.15) is 28.2 Å². The zero-order valence-electron chi connectivity index (χ0n) is 15.5. The van der Waals surface area contributed by atoms with Gasteiger partial charge in [-0.05, 0) is 28.3 Å². The van der Waals surface area contributed by atoms with Crippen molar-refractivity contribution in [3.63, 3.8) is 0 Å². The Balaban J connectivity index is 1.93. The van der Waals surface area contributed by atoms with Crippen molar-refractivity contribution in [1.82, 2.24) is 0 Å². The molecular weight excluding hydrogens is 360 g/mol. The van der Waals surface area contributed by atoms with Gasteiger partial charge in [-0.3, -0.25) is 0 Å². The summed E-state index contributed by atoms with van der Waals surface area (Å²) in [6, 6.07) is 39.7. The largest absolute Gasteiger partial charge is 0.0837 e. The van der Waals surface area contributed by atoms with Crippen LogP contribution in [0.15, 0.2) is 121 Å². The average molecular weight is 381 g/mol. The monoisotopic (exact) mass is 380 g/mol. The molecule has 0 nitrogen and oxygen atoms in total. The maximum atomic E-state index is 6.60. The first kappa shape index (κ1) is 18.3. The molecule has 1 heteroatoms. The van der Waals surface area contributed by atoms with Crippen molar-refractivity contribution in [3.8, 4) is 0 Å². The van der Waals surface area contributed by atoms with Gasteiger partial charge in [-0.15, -0.1) is 0 Å². The molecule has 0 bridgehead atoms. The molecule has 4 aromatic rings. The van der Waals surface area contributed by atoms with E-state index in [2.05, 4.69) is 97.1 Å². The Labute approximate surface area is 171 Å². The van der Waals surface area contributed by atoms with Crippen molar-refractivity contribution in [1.29, 1.82) is 0 Å². The summed E-state index contributed by atoms with van der Waals surface area (Å²) in [4.78, 5) is 0. The van der Waals surface area contributed by atoms with Crippen LogP contribution < -0.4 is 0 Å². The van der Waals surface area contributed by atoms with Crippen molar-refractivity contribution in [2.75, 3.05) is 0 Å². The van der Waals surface area contributed by atoms with Crippen LogP contribution in [0, 0.1) is 0 Å². The predicted octanol–water partition coefficient (Wildman–Crippen LogP) is 7.60. The Morgan fingerprint density at radius 3 is 1.57 bits per heavy atom. The van der Waals surface area contributed by atoms with Crippen LogP contribution in [0.3, 0.4) is 0 Å². The Hall–Kier alpha value is -3.09. The van der Waals surface area contributed by atoms with Crippen LogP contribution in [-0.2, 0) is 0 Å². The van der Waals surface area contributed by atoms with Crippen molar-refractivity contribution in [2.45, 2.75) is 5.92 Å². The lowest BCUT2D eigenvalue weighted by Gasteiger charge is -2.18. The highest BCUT2D eigenvalue weighted by molar-refractivity contribution is 6.32. The summed E-state index contributed by atoms with van der Waals surface area (Å²) in [5, 5.41) is 0.762. The van der Waals surface area contributed by atoms with Gasteiger partial charge in [0.1, 0.15) is 0 Å². The first-order valence-electron chi connectivity index (χ1n) is 9.45. The summed E-state index contributed by atoms with van der Waals surface area (Å²) in [5.41, 5.74) is 5.87. The van der Waals surface area contributed by atoms with E-state index in [0.29, 0.717) is 0 Å². The molecule has 0 N–H and O–H groups in total. The number of hydrogen-bond donors (Lipinski definition) is 0. The quantitative estimate of drug-likeness (QED) is 0.334. The third-order valence-electron chi connectivity index (χ3n) is 4.90. The molecule has 0 aliphatic rings. The van der Waals surface area contributed by atoms with Gasteiger partial charge in [0.05, 0.1) is 0 Å². The molecular formula is C27H21Cl. The number of rotatable bonds is 5. The Bertz CT molecular complexity index is 1010. The molecule has 0 saturated heterocycles. The minimum absolute atomic E-state index is 0.133. The maximum absolute atomic E-state index is 6.60. The third-order valence-corrected chi connectivity index (χ3v) is 5.23. The molecule has 0 aliphatic heterocycles. The average Bonchev–Trinajstić information content (AvgIpc) is 2.77. The predicted molar refractivity (Wildman–Crippen MR) is 120 cm³/mol. The van der Waals surface area contributed by atoms with Crippen LogP contribution in [0.4, 0.5) is 0 Å². The molecule has 4 aromatic carbocycles. The number of benzene rings is 4. The summed E-state index contributed by atoms with van der Waals surface area (Å²) in [7, 11) is 0. The first-order chi connectivity index (χ1) is 13.8. The van der Waals surface area contributed by atoms with Crippen molar-refractivity contribution < 1.29 is 0 Å². The van der Waals surface area contributed by atoms with Gasteiger partial charge >= 0.3 is 0 Å². The van der Waals surface area contributed by atoms with Gasteiger partial charge < -0.3 is 0 Å². The normalized spacial score (nSPS) is 11.6. The second-order valence-corrected chi connectivity index (χ2v) is 7.13. The van der Waals surface area contributed by atoms with Crippen molar-refractivity contribution in [3.05, 3.63) is 149 Å². The van der Waals surface area contributed by atoms with E-state index < -0.39 is 0 Å². The maximum Gasteiger partial charge on any atom is 0.0484 e. The highest BCUT2D eigenvalue weighted by Crippen LogP contribution is 2.35. The minimum Gasteiger partial charge on any atom is -0.0837 e. The molecule has 0 radical (unpaired) electrons. The molecule has 0 saturated carbocycles. The SMILES string of the molecule is Clc1ccccc1/C(=C\C(c1ccccc1)c1ccccc1)c1ccccc1. The van der Waals surface area contributed by atoms with E-state index in [1.54, 1.807) is 0 Å². The molecule has 136 valence electrons. The number of hydrogen-bond acceptors (Lipinski definition) is 0. The zero-order valence-corrected chi connectivity index (χ0v) is 16.3. The molecule has 0 aromatic heterocycles. The van der Waals surface area contributed by atoms with Crippen LogP contribution >= 0.6 is 11.6 Å². The molecule has 28 heavy (non-hydrogen) atoms. The van der Waals surface area contributed by atoms with E-state index in [1.165, 1.54) is 11.1 Å². The Morgan fingerprint density at radius 1 is 0.571 bits per heavy atom. The fourth-order valence-corrected chi connectivity index (χ4v) is 3.75. The van der Waals surface area contributed by atoms with E-state index >= 15 is 0 Å². The smallest absolute Gasteiger partial charge is 0.0484 e. The lowest BCUT2D eigenvalue weighted by atomic mass is 9.86. The van der Waals surface area contributed by atoms with Gasteiger partial charge in [0.15, 0.2) is 0 Å². The highest BCUT2D eigenvalue weighted by Gasteiger charge is 2.16. The summed E-state index contributed by atoms with van der Waals surface area (Å²) in [6.07, 6.45) is 2.33. The minimum atomic E-state index is 0.133. The lowest BCUT2D eigenvalue weighted by molar-refractivity contribution is 1.03. The third kappa shape index (κ3) is 4.08. The van der Waals surface area contributed by atoms with Crippen molar-refractivity contribution >= 4 is 17.2 Å². The second-order valence-electron chi connectivity index (χ2n) is 6.73. The second kappa shape index (κ2) is 8.73. The van der Waals surface area contributed by atoms with Crippen LogP contribution in [0.5, 0.6) is 0 Å². The van der Waals surface area contributed by atoms with Crippen LogP contribution in [0.25, 0.3) is 5.57 Å². The van der Waals surface area contributed by atoms with E-state index in [4.69, 9.17) is 11.6 Å². The molecule has 0 atom stereocenters. The standard InChI is InChI=1S/C27H21Cl/c28-27-19-11-10-18-24(27)26(23-16-8-3-9-17-23)20-25(21-12-4-1-5-13-21)22-14-6-2-7-15-22/h1-20,25H/b26-20-. The van der Waals surface area contributed by atoms with Gasteiger partial charge in [0.25, 0.3) is 0 Å².